The second kappa shape index (κ2) is 8.22. The highest BCUT2D eigenvalue weighted by atomic mass is 16.4. The van der Waals surface area contributed by atoms with Crippen LogP contribution in [0.5, 0.6) is 0 Å². The van der Waals surface area contributed by atoms with Crippen LogP contribution in [0, 0.1) is 11.8 Å². The van der Waals surface area contributed by atoms with E-state index in [2.05, 4.69) is 19.0 Å². The highest BCUT2D eigenvalue weighted by Crippen LogP contribution is 2.19. The maximum atomic E-state index is 12.5. The molecule has 6 heteroatoms. The number of carbonyl (C=O) groups excluding carboxylic acids is 1. The summed E-state index contributed by atoms with van der Waals surface area (Å²) in [5.41, 5.74) is 0. The third-order valence-electron chi connectivity index (χ3n) is 4.08. The summed E-state index contributed by atoms with van der Waals surface area (Å²) >= 11 is 0. The zero-order valence-corrected chi connectivity index (χ0v) is 13.7. The Morgan fingerprint density at radius 2 is 1.86 bits per heavy atom. The van der Waals surface area contributed by atoms with Gasteiger partial charge in [-0.1, -0.05) is 6.92 Å². The fourth-order valence-corrected chi connectivity index (χ4v) is 2.77. The molecule has 1 atom stereocenters. The summed E-state index contributed by atoms with van der Waals surface area (Å²) in [7, 11) is 4.15. The molecule has 0 aliphatic carbocycles. The van der Waals surface area contributed by atoms with Crippen LogP contribution in [-0.2, 0) is 4.79 Å². The first-order valence-corrected chi connectivity index (χ1v) is 7.76. The predicted molar refractivity (Wildman–Crippen MR) is 82.3 cm³/mol. The molecule has 1 fully saturated rings. The van der Waals surface area contributed by atoms with Gasteiger partial charge < -0.3 is 19.8 Å². The van der Waals surface area contributed by atoms with Crippen molar-refractivity contribution in [3.63, 3.8) is 0 Å². The molecule has 1 aliphatic rings. The van der Waals surface area contributed by atoms with E-state index in [0.717, 1.165) is 32.5 Å². The molecule has 1 unspecified atom stereocenters. The number of carbonyl (C=O) groups is 2. The number of hydrogen-bond donors (Lipinski definition) is 1. The number of rotatable bonds is 6. The van der Waals surface area contributed by atoms with Crippen LogP contribution >= 0.6 is 0 Å². The number of piperidine rings is 1. The molecule has 122 valence electrons. The van der Waals surface area contributed by atoms with Gasteiger partial charge in [0.1, 0.15) is 0 Å². The molecule has 1 heterocycles. The van der Waals surface area contributed by atoms with Gasteiger partial charge in [0.15, 0.2) is 0 Å². The summed E-state index contributed by atoms with van der Waals surface area (Å²) in [6.07, 6.45) is 2.05. The molecule has 0 spiro atoms. The molecule has 1 saturated heterocycles. The third kappa shape index (κ3) is 5.53. The lowest BCUT2D eigenvalue weighted by Crippen LogP contribution is -2.49. The Bertz CT molecular complexity index is 352. The number of carboxylic acids is 1. The molecule has 6 nitrogen and oxygen atoms in total. The second-order valence-corrected chi connectivity index (χ2v) is 6.25. The standard InChI is InChI=1S/C15H29N3O3/c1-5-17(10-12(2)14(19)20)15(21)18-8-6-13(7-9-18)11-16(3)4/h12-13H,5-11H2,1-4H3,(H,19,20). The van der Waals surface area contributed by atoms with E-state index in [1.807, 2.05) is 11.8 Å². The number of carboxylic acid groups (broad SMARTS) is 1. The zero-order chi connectivity index (χ0) is 16.0. The monoisotopic (exact) mass is 299 g/mol. The van der Waals surface area contributed by atoms with E-state index in [0.29, 0.717) is 12.5 Å². The van der Waals surface area contributed by atoms with Gasteiger partial charge in [-0.05, 0) is 39.8 Å². The van der Waals surface area contributed by atoms with Crippen LogP contribution in [-0.4, -0.2) is 78.6 Å². The average Bonchev–Trinajstić information content (AvgIpc) is 2.43. The smallest absolute Gasteiger partial charge is 0.320 e. The molecule has 0 radical (unpaired) electrons. The minimum absolute atomic E-state index is 0.0195. The highest BCUT2D eigenvalue weighted by Gasteiger charge is 2.27. The fourth-order valence-electron chi connectivity index (χ4n) is 2.77. The molecule has 0 aromatic carbocycles. The Morgan fingerprint density at radius 1 is 1.29 bits per heavy atom. The van der Waals surface area contributed by atoms with Gasteiger partial charge in [-0.3, -0.25) is 4.79 Å². The maximum absolute atomic E-state index is 12.5. The van der Waals surface area contributed by atoms with Crippen molar-refractivity contribution >= 4 is 12.0 Å². The van der Waals surface area contributed by atoms with Crippen LogP contribution in [0.3, 0.4) is 0 Å². The molecular weight excluding hydrogens is 270 g/mol. The van der Waals surface area contributed by atoms with E-state index in [4.69, 9.17) is 5.11 Å². The Morgan fingerprint density at radius 3 is 2.29 bits per heavy atom. The summed E-state index contributed by atoms with van der Waals surface area (Å²) in [6.45, 7) is 6.98. The van der Waals surface area contributed by atoms with E-state index >= 15 is 0 Å². The maximum Gasteiger partial charge on any atom is 0.320 e. The van der Waals surface area contributed by atoms with E-state index in [1.165, 1.54) is 0 Å². The summed E-state index contributed by atoms with van der Waals surface area (Å²) in [6, 6.07) is -0.0195. The van der Waals surface area contributed by atoms with Gasteiger partial charge in [-0.25, -0.2) is 4.79 Å². The normalized spacial score (nSPS) is 17.9. The van der Waals surface area contributed by atoms with Gasteiger partial charge in [0.25, 0.3) is 0 Å². The predicted octanol–water partition coefficient (Wildman–Crippen LogP) is 1.42. The number of amides is 2. The van der Waals surface area contributed by atoms with Crippen molar-refractivity contribution < 1.29 is 14.7 Å². The lowest BCUT2D eigenvalue weighted by atomic mass is 9.96. The molecule has 0 saturated carbocycles. The van der Waals surface area contributed by atoms with Crippen LogP contribution in [0.15, 0.2) is 0 Å². The van der Waals surface area contributed by atoms with Crippen molar-refractivity contribution in [1.29, 1.82) is 0 Å². The summed E-state index contributed by atoms with van der Waals surface area (Å²) < 4.78 is 0. The van der Waals surface area contributed by atoms with E-state index in [9.17, 15) is 9.59 Å². The number of aliphatic carboxylic acids is 1. The van der Waals surface area contributed by atoms with Gasteiger partial charge in [0.05, 0.1) is 5.92 Å². The second-order valence-electron chi connectivity index (χ2n) is 6.25. The largest absolute Gasteiger partial charge is 0.481 e. The minimum Gasteiger partial charge on any atom is -0.481 e. The summed E-state index contributed by atoms with van der Waals surface area (Å²) in [5.74, 6) is -0.733. The molecule has 21 heavy (non-hydrogen) atoms. The minimum atomic E-state index is -0.856. The topological polar surface area (TPSA) is 64.1 Å². The number of urea groups is 1. The van der Waals surface area contributed by atoms with Crippen molar-refractivity contribution in [3.8, 4) is 0 Å². The first-order valence-electron chi connectivity index (χ1n) is 7.76. The zero-order valence-electron chi connectivity index (χ0n) is 13.7. The lowest BCUT2D eigenvalue weighted by molar-refractivity contribution is -0.141. The van der Waals surface area contributed by atoms with E-state index < -0.39 is 11.9 Å². The van der Waals surface area contributed by atoms with E-state index in [-0.39, 0.29) is 12.6 Å². The van der Waals surface area contributed by atoms with Gasteiger partial charge in [-0.2, -0.15) is 0 Å². The molecule has 1 rings (SSSR count). The van der Waals surface area contributed by atoms with Crippen molar-refractivity contribution in [1.82, 2.24) is 14.7 Å². The third-order valence-corrected chi connectivity index (χ3v) is 4.08. The van der Waals surface area contributed by atoms with Crippen molar-refractivity contribution in [2.45, 2.75) is 26.7 Å². The Balaban J connectivity index is 2.49. The van der Waals surface area contributed by atoms with Crippen molar-refractivity contribution in [3.05, 3.63) is 0 Å². The van der Waals surface area contributed by atoms with Gasteiger partial charge in [0, 0.05) is 32.7 Å². The molecule has 1 aliphatic heterocycles. The lowest BCUT2D eigenvalue weighted by Gasteiger charge is -2.36. The number of nitrogens with zero attached hydrogens (tertiary/aromatic N) is 3. The number of hydrogen-bond acceptors (Lipinski definition) is 3. The quantitative estimate of drug-likeness (QED) is 0.806. The Hall–Kier alpha value is -1.30. The van der Waals surface area contributed by atoms with Crippen LogP contribution in [0.25, 0.3) is 0 Å². The molecule has 0 aromatic rings. The van der Waals surface area contributed by atoms with Gasteiger partial charge >= 0.3 is 12.0 Å². The van der Waals surface area contributed by atoms with Gasteiger partial charge in [-0.15, -0.1) is 0 Å². The summed E-state index contributed by atoms with van der Waals surface area (Å²) in [5, 5.41) is 8.98. The van der Waals surface area contributed by atoms with Crippen LogP contribution < -0.4 is 0 Å². The Kier molecular flexibility index (Phi) is 6.95. The van der Waals surface area contributed by atoms with E-state index in [1.54, 1.807) is 11.8 Å². The molecule has 0 aromatic heterocycles. The molecule has 1 N–H and O–H groups in total. The molecule has 0 bridgehead atoms. The SMILES string of the molecule is CCN(CC(C)C(=O)O)C(=O)N1CCC(CN(C)C)CC1. The van der Waals surface area contributed by atoms with Gasteiger partial charge in [0.2, 0.25) is 0 Å². The molecule has 2 amide bonds. The van der Waals surface area contributed by atoms with Crippen molar-refractivity contribution in [2.75, 3.05) is 46.8 Å². The fraction of sp³-hybridized carbons (Fsp3) is 0.867. The average molecular weight is 299 g/mol. The first-order chi connectivity index (χ1) is 9.85. The first kappa shape index (κ1) is 17.8. The number of likely N-dealkylation sites (tertiary alicyclic amines) is 1. The van der Waals surface area contributed by atoms with Crippen LogP contribution in [0.1, 0.15) is 26.7 Å². The van der Waals surface area contributed by atoms with Crippen molar-refractivity contribution in [2.24, 2.45) is 11.8 Å². The van der Waals surface area contributed by atoms with Crippen LogP contribution in [0.4, 0.5) is 4.79 Å². The summed E-state index contributed by atoms with van der Waals surface area (Å²) in [4.78, 5) is 29.1. The van der Waals surface area contributed by atoms with Crippen LogP contribution in [0.2, 0.25) is 0 Å². The Labute approximate surface area is 127 Å². The highest BCUT2D eigenvalue weighted by molar-refractivity contribution is 5.76. The molecular formula is C15H29N3O3.